The zero-order chi connectivity index (χ0) is 11.6. The van der Waals surface area contributed by atoms with E-state index in [2.05, 4.69) is 10.6 Å². The number of hydrogen-bond acceptors (Lipinski definition) is 4. The summed E-state index contributed by atoms with van der Waals surface area (Å²) in [6.45, 7) is 3.61. The molecule has 0 bridgehead atoms. The average molecular weight is 216 g/mol. The van der Waals surface area contributed by atoms with E-state index >= 15 is 0 Å². The highest BCUT2D eigenvalue weighted by atomic mass is 14.8. The van der Waals surface area contributed by atoms with E-state index in [1.807, 2.05) is 14.1 Å². The minimum atomic E-state index is 0.329. The fraction of sp³-hybridized carbons (Fsp3) is 1.00. The summed E-state index contributed by atoms with van der Waals surface area (Å²) in [5.41, 5.74) is 11.7. The molecule has 0 aromatic rings. The predicted molar refractivity (Wildman–Crippen MR) is 66.9 cm³/mol. The van der Waals surface area contributed by atoms with E-state index in [1.165, 1.54) is 12.8 Å². The van der Waals surface area contributed by atoms with Crippen LogP contribution in [0.2, 0.25) is 0 Å². The maximum atomic E-state index is 5.71. The minimum absolute atomic E-state index is 0.329. The molecule has 0 rings (SSSR count). The zero-order valence-electron chi connectivity index (χ0n) is 10.3. The van der Waals surface area contributed by atoms with Gasteiger partial charge < -0.3 is 22.1 Å². The van der Waals surface area contributed by atoms with Crippen LogP contribution >= 0.6 is 0 Å². The lowest BCUT2D eigenvalue weighted by molar-refractivity contribution is 0.206. The fourth-order valence-electron chi connectivity index (χ4n) is 2.14. The molecule has 0 radical (unpaired) electrons. The van der Waals surface area contributed by atoms with Crippen molar-refractivity contribution < 1.29 is 0 Å². The first kappa shape index (κ1) is 14.8. The minimum Gasteiger partial charge on any atom is -0.330 e. The molecule has 0 unspecified atom stereocenters. The van der Waals surface area contributed by atoms with Crippen molar-refractivity contribution in [2.45, 2.75) is 25.7 Å². The highest BCUT2D eigenvalue weighted by Gasteiger charge is 2.27. The molecule has 0 spiro atoms. The van der Waals surface area contributed by atoms with Gasteiger partial charge in [0.1, 0.15) is 0 Å². The van der Waals surface area contributed by atoms with Crippen molar-refractivity contribution in [3.8, 4) is 0 Å². The third-order valence-electron chi connectivity index (χ3n) is 3.16. The summed E-state index contributed by atoms with van der Waals surface area (Å²) in [5.74, 6) is 0. The van der Waals surface area contributed by atoms with Crippen molar-refractivity contribution in [1.29, 1.82) is 0 Å². The number of nitrogens with one attached hydrogen (secondary N) is 2. The van der Waals surface area contributed by atoms with Crippen LogP contribution in [0.1, 0.15) is 25.7 Å². The van der Waals surface area contributed by atoms with Crippen LogP contribution in [0, 0.1) is 5.41 Å². The first-order valence-electron chi connectivity index (χ1n) is 5.94. The average Bonchev–Trinajstić information content (AvgIpc) is 2.24. The zero-order valence-corrected chi connectivity index (χ0v) is 10.3. The molecule has 0 atom stereocenters. The van der Waals surface area contributed by atoms with Crippen LogP contribution < -0.4 is 22.1 Å². The molecular formula is C11H28N4. The molecule has 0 aliphatic heterocycles. The summed E-state index contributed by atoms with van der Waals surface area (Å²) < 4.78 is 0. The summed E-state index contributed by atoms with van der Waals surface area (Å²) in [6, 6.07) is 0. The molecule has 0 fully saturated rings. The van der Waals surface area contributed by atoms with Gasteiger partial charge in [-0.1, -0.05) is 0 Å². The van der Waals surface area contributed by atoms with E-state index in [4.69, 9.17) is 11.5 Å². The van der Waals surface area contributed by atoms with Crippen LogP contribution in [0.4, 0.5) is 0 Å². The van der Waals surface area contributed by atoms with Gasteiger partial charge in [-0.05, 0) is 71.4 Å². The lowest BCUT2D eigenvalue weighted by Crippen LogP contribution is -2.33. The van der Waals surface area contributed by atoms with Gasteiger partial charge in [0.05, 0.1) is 0 Å². The van der Waals surface area contributed by atoms with E-state index in [9.17, 15) is 0 Å². The Labute approximate surface area is 94.2 Å². The Kier molecular flexibility index (Phi) is 9.00. The third-order valence-corrected chi connectivity index (χ3v) is 3.16. The normalized spacial score (nSPS) is 12.0. The molecular weight excluding hydrogens is 188 g/mol. The van der Waals surface area contributed by atoms with Crippen molar-refractivity contribution in [2.24, 2.45) is 16.9 Å². The second kappa shape index (κ2) is 9.09. The maximum Gasteiger partial charge on any atom is -0.00466 e. The van der Waals surface area contributed by atoms with Crippen LogP contribution in [-0.2, 0) is 0 Å². The van der Waals surface area contributed by atoms with Gasteiger partial charge in [-0.25, -0.2) is 0 Å². The van der Waals surface area contributed by atoms with Crippen LogP contribution in [0.25, 0.3) is 0 Å². The van der Waals surface area contributed by atoms with E-state index in [0.29, 0.717) is 5.41 Å². The Bertz CT molecular complexity index is 123. The molecule has 0 saturated heterocycles. The summed E-state index contributed by atoms with van der Waals surface area (Å²) >= 11 is 0. The van der Waals surface area contributed by atoms with Gasteiger partial charge in [0, 0.05) is 0 Å². The third kappa shape index (κ3) is 6.10. The van der Waals surface area contributed by atoms with Gasteiger partial charge in [-0.3, -0.25) is 0 Å². The van der Waals surface area contributed by atoms with Crippen LogP contribution in [-0.4, -0.2) is 40.3 Å². The van der Waals surface area contributed by atoms with Crippen LogP contribution in [0.3, 0.4) is 0 Å². The van der Waals surface area contributed by atoms with Crippen LogP contribution in [0.15, 0.2) is 0 Å². The second-order valence-corrected chi connectivity index (χ2v) is 4.28. The number of nitrogens with two attached hydrogens (primary N) is 2. The smallest absolute Gasteiger partial charge is 0.00466 e. The van der Waals surface area contributed by atoms with Crippen molar-refractivity contribution >= 4 is 0 Å². The molecule has 92 valence electrons. The fourth-order valence-corrected chi connectivity index (χ4v) is 2.14. The van der Waals surface area contributed by atoms with Crippen LogP contribution in [0.5, 0.6) is 0 Å². The Morgan fingerprint density at radius 3 is 1.47 bits per heavy atom. The van der Waals surface area contributed by atoms with Crippen molar-refractivity contribution in [3.05, 3.63) is 0 Å². The Morgan fingerprint density at radius 2 is 1.20 bits per heavy atom. The van der Waals surface area contributed by atoms with Crippen molar-refractivity contribution in [3.63, 3.8) is 0 Å². The molecule has 4 nitrogen and oxygen atoms in total. The molecule has 0 aliphatic carbocycles. The standard InChI is InChI=1S/C11H28N4/c1-14-9-5-11(3-7-12,4-8-13)6-10-15-2/h14-15H,3-10,12-13H2,1-2H3. The predicted octanol–water partition coefficient (Wildman–Crippen LogP) is -0.111. The quantitative estimate of drug-likeness (QED) is 0.411. The summed E-state index contributed by atoms with van der Waals surface area (Å²) in [7, 11) is 3.99. The molecule has 4 heteroatoms. The Balaban J connectivity index is 4.26. The largest absolute Gasteiger partial charge is 0.330 e. The second-order valence-electron chi connectivity index (χ2n) is 4.28. The van der Waals surface area contributed by atoms with Gasteiger partial charge in [-0.2, -0.15) is 0 Å². The summed E-state index contributed by atoms with van der Waals surface area (Å²) in [6.07, 6.45) is 4.49. The first-order valence-corrected chi connectivity index (χ1v) is 5.94. The molecule has 0 amide bonds. The number of rotatable bonds is 10. The lowest BCUT2D eigenvalue weighted by Gasteiger charge is -2.33. The highest BCUT2D eigenvalue weighted by Crippen LogP contribution is 2.33. The SMILES string of the molecule is CNCCC(CCN)(CCN)CCNC. The van der Waals surface area contributed by atoms with E-state index in [1.54, 1.807) is 0 Å². The molecule has 0 aromatic carbocycles. The summed E-state index contributed by atoms with van der Waals surface area (Å²) in [4.78, 5) is 0. The maximum absolute atomic E-state index is 5.71. The lowest BCUT2D eigenvalue weighted by atomic mass is 9.75. The van der Waals surface area contributed by atoms with Gasteiger partial charge >= 0.3 is 0 Å². The molecule has 6 N–H and O–H groups in total. The van der Waals surface area contributed by atoms with Gasteiger partial charge in [0.15, 0.2) is 0 Å². The van der Waals surface area contributed by atoms with E-state index in [0.717, 1.165) is 39.0 Å². The molecule has 0 saturated carbocycles. The Hall–Kier alpha value is -0.160. The van der Waals surface area contributed by atoms with E-state index in [-0.39, 0.29) is 0 Å². The summed E-state index contributed by atoms with van der Waals surface area (Å²) in [5, 5.41) is 6.43. The first-order chi connectivity index (χ1) is 7.24. The molecule has 0 aliphatic rings. The Morgan fingerprint density at radius 1 is 0.800 bits per heavy atom. The van der Waals surface area contributed by atoms with E-state index < -0.39 is 0 Å². The molecule has 0 aromatic heterocycles. The number of hydrogen-bond donors (Lipinski definition) is 4. The highest BCUT2D eigenvalue weighted by molar-refractivity contribution is 4.81. The molecule has 0 heterocycles. The molecule has 15 heavy (non-hydrogen) atoms. The van der Waals surface area contributed by atoms with Crippen molar-refractivity contribution in [1.82, 2.24) is 10.6 Å². The van der Waals surface area contributed by atoms with Gasteiger partial charge in [0.25, 0.3) is 0 Å². The van der Waals surface area contributed by atoms with Crippen molar-refractivity contribution in [2.75, 3.05) is 40.3 Å². The topological polar surface area (TPSA) is 76.1 Å². The monoisotopic (exact) mass is 216 g/mol. The van der Waals surface area contributed by atoms with Gasteiger partial charge in [0.2, 0.25) is 0 Å². The van der Waals surface area contributed by atoms with Gasteiger partial charge in [-0.15, -0.1) is 0 Å².